The lowest BCUT2D eigenvalue weighted by Gasteiger charge is -2.06. The average Bonchev–Trinajstić information content (AvgIpc) is 2.70. The number of hydrogen-bond acceptors (Lipinski definition) is 3. The lowest BCUT2D eigenvalue weighted by atomic mass is 10.2. The topological polar surface area (TPSA) is 27.1 Å². The quantitative estimate of drug-likeness (QED) is 0.826. The van der Waals surface area contributed by atoms with E-state index < -0.39 is 0 Å². The Bertz CT molecular complexity index is 494. The molecular formula is C12H14N2OS. The second kappa shape index (κ2) is 4.61. The lowest BCUT2D eigenvalue weighted by molar-refractivity contribution is 0.414. The van der Waals surface area contributed by atoms with Gasteiger partial charge in [0.25, 0.3) is 0 Å². The summed E-state index contributed by atoms with van der Waals surface area (Å²) in [5.41, 5.74) is 3.26. The summed E-state index contributed by atoms with van der Waals surface area (Å²) < 4.78 is 7.09. The van der Waals surface area contributed by atoms with Crippen molar-refractivity contribution in [3.63, 3.8) is 0 Å². The van der Waals surface area contributed by atoms with Crippen molar-refractivity contribution in [2.75, 3.05) is 7.11 Å². The molecule has 0 amide bonds. The van der Waals surface area contributed by atoms with Crippen molar-refractivity contribution in [1.82, 2.24) is 9.78 Å². The van der Waals surface area contributed by atoms with E-state index in [1.54, 1.807) is 7.11 Å². The van der Waals surface area contributed by atoms with E-state index in [2.05, 4.69) is 17.7 Å². The molecule has 0 fully saturated rings. The Morgan fingerprint density at radius 2 is 2.25 bits per heavy atom. The van der Waals surface area contributed by atoms with E-state index in [9.17, 15) is 0 Å². The molecule has 0 unspecified atom stereocenters. The predicted molar refractivity (Wildman–Crippen MR) is 67.5 cm³/mol. The summed E-state index contributed by atoms with van der Waals surface area (Å²) in [6.45, 7) is 2.04. The largest absolute Gasteiger partial charge is 0.497 e. The minimum Gasteiger partial charge on any atom is -0.497 e. The van der Waals surface area contributed by atoms with E-state index in [0.29, 0.717) is 5.75 Å². The molecule has 3 nitrogen and oxygen atoms in total. The highest BCUT2D eigenvalue weighted by Crippen LogP contribution is 2.19. The van der Waals surface area contributed by atoms with Gasteiger partial charge in [-0.1, -0.05) is 6.07 Å². The van der Waals surface area contributed by atoms with Crippen LogP contribution in [-0.2, 0) is 5.75 Å². The van der Waals surface area contributed by atoms with E-state index in [1.165, 1.54) is 0 Å². The maximum absolute atomic E-state index is 5.19. The Hall–Kier alpha value is -1.42. The molecule has 84 valence electrons. The summed E-state index contributed by atoms with van der Waals surface area (Å²) >= 11 is 4.27. The molecule has 1 aromatic carbocycles. The number of benzene rings is 1. The SMILES string of the molecule is COc1cccc(-n2ncc(CS)c2C)c1. The zero-order valence-corrected chi connectivity index (χ0v) is 10.2. The van der Waals surface area contributed by atoms with Crippen molar-refractivity contribution < 1.29 is 4.74 Å². The van der Waals surface area contributed by atoms with Crippen LogP contribution in [0.1, 0.15) is 11.3 Å². The maximum atomic E-state index is 5.19. The molecule has 0 saturated heterocycles. The summed E-state index contributed by atoms with van der Waals surface area (Å²) in [6, 6.07) is 7.84. The van der Waals surface area contributed by atoms with E-state index >= 15 is 0 Å². The minimum absolute atomic E-state index is 0.704. The Balaban J connectivity index is 2.45. The molecule has 0 spiro atoms. The summed E-state index contributed by atoms with van der Waals surface area (Å²) in [5, 5.41) is 4.34. The van der Waals surface area contributed by atoms with E-state index in [-0.39, 0.29) is 0 Å². The number of aromatic nitrogens is 2. The molecule has 0 aliphatic heterocycles. The molecule has 1 heterocycles. The van der Waals surface area contributed by atoms with Gasteiger partial charge in [0.15, 0.2) is 0 Å². The highest BCUT2D eigenvalue weighted by atomic mass is 32.1. The minimum atomic E-state index is 0.704. The Morgan fingerprint density at radius 1 is 1.44 bits per heavy atom. The van der Waals surface area contributed by atoms with Crippen LogP contribution in [-0.4, -0.2) is 16.9 Å². The van der Waals surface area contributed by atoms with E-state index in [1.807, 2.05) is 42.1 Å². The van der Waals surface area contributed by atoms with Gasteiger partial charge in [-0.05, 0) is 19.1 Å². The predicted octanol–water partition coefficient (Wildman–Crippen LogP) is 2.62. The molecule has 1 aromatic heterocycles. The summed E-state index contributed by atoms with van der Waals surface area (Å²) in [5.74, 6) is 1.54. The fourth-order valence-corrected chi connectivity index (χ4v) is 1.91. The highest BCUT2D eigenvalue weighted by molar-refractivity contribution is 7.79. The molecule has 2 rings (SSSR count). The van der Waals surface area contributed by atoms with Crippen LogP contribution >= 0.6 is 12.6 Å². The zero-order valence-electron chi connectivity index (χ0n) is 9.34. The third kappa shape index (κ3) is 1.93. The van der Waals surface area contributed by atoms with Crippen LogP contribution in [0, 0.1) is 6.92 Å². The van der Waals surface area contributed by atoms with Crippen LogP contribution in [0.4, 0.5) is 0 Å². The van der Waals surface area contributed by atoms with Crippen molar-refractivity contribution in [2.45, 2.75) is 12.7 Å². The van der Waals surface area contributed by atoms with Crippen molar-refractivity contribution in [3.05, 3.63) is 41.7 Å². The smallest absolute Gasteiger partial charge is 0.121 e. The van der Waals surface area contributed by atoms with Crippen LogP contribution in [0.15, 0.2) is 30.5 Å². The fourth-order valence-electron chi connectivity index (χ4n) is 1.60. The molecule has 0 N–H and O–H groups in total. The van der Waals surface area contributed by atoms with Gasteiger partial charge in [-0.15, -0.1) is 0 Å². The molecule has 0 radical (unpaired) electrons. The average molecular weight is 234 g/mol. The molecule has 4 heteroatoms. The summed E-state index contributed by atoms with van der Waals surface area (Å²) in [7, 11) is 1.66. The van der Waals surface area contributed by atoms with Crippen LogP contribution in [0.3, 0.4) is 0 Å². The van der Waals surface area contributed by atoms with Gasteiger partial charge >= 0.3 is 0 Å². The van der Waals surface area contributed by atoms with Crippen molar-refractivity contribution in [3.8, 4) is 11.4 Å². The maximum Gasteiger partial charge on any atom is 0.121 e. The van der Waals surface area contributed by atoms with Gasteiger partial charge in [-0.25, -0.2) is 4.68 Å². The van der Waals surface area contributed by atoms with Gasteiger partial charge in [0.05, 0.1) is 19.0 Å². The second-order valence-electron chi connectivity index (χ2n) is 3.53. The standard InChI is InChI=1S/C12H14N2OS/c1-9-10(8-16)7-13-14(9)11-4-3-5-12(6-11)15-2/h3-7,16H,8H2,1-2H3. The Kier molecular flexibility index (Phi) is 3.19. The van der Waals surface area contributed by atoms with Gasteiger partial charge in [0, 0.05) is 23.1 Å². The fraction of sp³-hybridized carbons (Fsp3) is 0.250. The number of thiol groups is 1. The van der Waals surface area contributed by atoms with E-state index in [4.69, 9.17) is 4.74 Å². The molecule has 16 heavy (non-hydrogen) atoms. The lowest BCUT2D eigenvalue weighted by Crippen LogP contribution is -1.99. The van der Waals surface area contributed by atoms with Crippen LogP contribution < -0.4 is 4.74 Å². The monoisotopic (exact) mass is 234 g/mol. The summed E-state index contributed by atoms with van der Waals surface area (Å²) in [6.07, 6.45) is 1.85. The number of ether oxygens (including phenoxy) is 1. The van der Waals surface area contributed by atoms with Crippen LogP contribution in [0.5, 0.6) is 5.75 Å². The van der Waals surface area contributed by atoms with Crippen molar-refractivity contribution >= 4 is 12.6 Å². The van der Waals surface area contributed by atoms with Gasteiger partial charge in [-0.2, -0.15) is 17.7 Å². The normalized spacial score (nSPS) is 10.4. The molecule has 0 bridgehead atoms. The van der Waals surface area contributed by atoms with E-state index in [0.717, 1.165) is 22.7 Å². The number of rotatable bonds is 3. The zero-order chi connectivity index (χ0) is 11.5. The van der Waals surface area contributed by atoms with Gasteiger partial charge in [0.2, 0.25) is 0 Å². The molecule has 0 atom stereocenters. The van der Waals surface area contributed by atoms with Crippen LogP contribution in [0.25, 0.3) is 5.69 Å². The van der Waals surface area contributed by atoms with Crippen molar-refractivity contribution in [2.24, 2.45) is 0 Å². The third-order valence-corrected chi connectivity index (χ3v) is 2.92. The molecule has 0 aliphatic carbocycles. The first-order valence-corrected chi connectivity index (χ1v) is 5.68. The molecule has 2 aromatic rings. The van der Waals surface area contributed by atoms with Gasteiger partial charge in [-0.3, -0.25) is 0 Å². The van der Waals surface area contributed by atoms with Crippen molar-refractivity contribution in [1.29, 1.82) is 0 Å². The van der Waals surface area contributed by atoms with Gasteiger partial charge < -0.3 is 4.74 Å². The Labute approximate surface area is 100 Å². The second-order valence-corrected chi connectivity index (χ2v) is 3.84. The number of nitrogens with zero attached hydrogens (tertiary/aromatic N) is 2. The molecule has 0 aliphatic rings. The van der Waals surface area contributed by atoms with Crippen LogP contribution in [0.2, 0.25) is 0 Å². The third-order valence-electron chi connectivity index (χ3n) is 2.58. The summed E-state index contributed by atoms with van der Waals surface area (Å²) in [4.78, 5) is 0. The number of hydrogen-bond donors (Lipinski definition) is 1. The first kappa shape index (κ1) is 11.1. The Morgan fingerprint density at radius 3 is 2.88 bits per heavy atom. The van der Waals surface area contributed by atoms with Gasteiger partial charge in [0.1, 0.15) is 5.75 Å². The number of methoxy groups -OCH3 is 1. The molecular weight excluding hydrogens is 220 g/mol. The molecule has 0 saturated carbocycles. The first-order chi connectivity index (χ1) is 7.76. The highest BCUT2D eigenvalue weighted by Gasteiger charge is 2.07. The first-order valence-electron chi connectivity index (χ1n) is 5.05.